The topological polar surface area (TPSA) is 29.5 Å². The molecule has 0 bridgehead atoms. The SMILES string of the molecule is CCN1C(=O)C(I)CC=C1c1c(F)cc(OC)cc1F. The molecule has 1 unspecified atom stereocenters. The van der Waals surface area contributed by atoms with Crippen molar-refractivity contribution in [1.29, 1.82) is 0 Å². The number of hydrogen-bond acceptors (Lipinski definition) is 2. The van der Waals surface area contributed by atoms with E-state index in [1.165, 1.54) is 12.0 Å². The van der Waals surface area contributed by atoms with Crippen molar-refractivity contribution in [3.8, 4) is 5.75 Å². The highest BCUT2D eigenvalue weighted by Crippen LogP contribution is 2.33. The lowest BCUT2D eigenvalue weighted by molar-refractivity contribution is -0.127. The number of carbonyl (C=O) groups is 1. The first-order valence-electron chi connectivity index (χ1n) is 6.18. The Balaban J connectivity index is 2.53. The molecular weight excluding hydrogens is 379 g/mol. The van der Waals surface area contributed by atoms with Crippen LogP contribution in [-0.2, 0) is 4.79 Å². The molecule has 1 amide bonds. The number of halogens is 3. The van der Waals surface area contributed by atoms with Gasteiger partial charge in [0.2, 0.25) is 5.91 Å². The molecule has 0 aliphatic carbocycles. The molecule has 0 saturated carbocycles. The van der Waals surface area contributed by atoms with Crippen LogP contribution in [0.1, 0.15) is 18.9 Å². The lowest BCUT2D eigenvalue weighted by Gasteiger charge is -2.30. The van der Waals surface area contributed by atoms with Crippen molar-refractivity contribution in [2.75, 3.05) is 13.7 Å². The number of ether oxygens (including phenoxy) is 1. The summed E-state index contributed by atoms with van der Waals surface area (Å²) in [4.78, 5) is 13.5. The van der Waals surface area contributed by atoms with Crippen molar-refractivity contribution in [3.05, 3.63) is 35.4 Å². The Hall–Kier alpha value is -1.18. The van der Waals surface area contributed by atoms with Gasteiger partial charge in [-0.2, -0.15) is 0 Å². The molecule has 0 spiro atoms. The van der Waals surface area contributed by atoms with Gasteiger partial charge in [0.25, 0.3) is 0 Å². The first-order chi connectivity index (χ1) is 9.49. The predicted molar refractivity (Wildman–Crippen MR) is 80.7 cm³/mol. The summed E-state index contributed by atoms with van der Waals surface area (Å²) < 4.78 is 32.9. The molecule has 6 heteroatoms. The lowest BCUT2D eigenvalue weighted by atomic mass is 10.0. The van der Waals surface area contributed by atoms with Crippen LogP contribution in [-0.4, -0.2) is 28.4 Å². The maximum Gasteiger partial charge on any atom is 0.240 e. The molecule has 2 rings (SSSR count). The fraction of sp³-hybridized carbons (Fsp3) is 0.357. The molecule has 0 fully saturated rings. The first-order valence-corrected chi connectivity index (χ1v) is 7.43. The first kappa shape index (κ1) is 15.2. The van der Waals surface area contributed by atoms with Crippen LogP contribution in [0.25, 0.3) is 5.70 Å². The summed E-state index contributed by atoms with van der Waals surface area (Å²) >= 11 is 2.04. The molecule has 3 nitrogen and oxygen atoms in total. The highest BCUT2D eigenvalue weighted by atomic mass is 127. The van der Waals surface area contributed by atoms with Gasteiger partial charge in [-0.25, -0.2) is 8.78 Å². The minimum atomic E-state index is -0.730. The highest BCUT2D eigenvalue weighted by Gasteiger charge is 2.31. The van der Waals surface area contributed by atoms with Crippen molar-refractivity contribution in [2.24, 2.45) is 0 Å². The number of allylic oxidation sites excluding steroid dienone is 1. The van der Waals surface area contributed by atoms with E-state index in [-0.39, 0.29) is 21.1 Å². The third-order valence-electron chi connectivity index (χ3n) is 3.17. The minimum absolute atomic E-state index is 0.112. The summed E-state index contributed by atoms with van der Waals surface area (Å²) in [7, 11) is 1.34. The number of nitrogens with zero attached hydrogens (tertiary/aromatic N) is 1. The van der Waals surface area contributed by atoms with E-state index >= 15 is 0 Å². The van der Waals surface area contributed by atoms with Crippen molar-refractivity contribution >= 4 is 34.2 Å². The quantitative estimate of drug-likeness (QED) is 0.582. The van der Waals surface area contributed by atoms with Gasteiger partial charge >= 0.3 is 0 Å². The summed E-state index contributed by atoms with van der Waals surface area (Å²) in [6.45, 7) is 2.15. The lowest BCUT2D eigenvalue weighted by Crippen LogP contribution is -2.38. The molecule has 1 aromatic carbocycles. The van der Waals surface area contributed by atoms with Crippen molar-refractivity contribution in [2.45, 2.75) is 17.3 Å². The molecule has 20 heavy (non-hydrogen) atoms. The molecule has 0 saturated heterocycles. The fourth-order valence-electron chi connectivity index (χ4n) is 2.19. The second-order valence-electron chi connectivity index (χ2n) is 4.34. The molecule has 1 aromatic rings. The molecule has 0 radical (unpaired) electrons. The molecule has 108 valence electrons. The monoisotopic (exact) mass is 393 g/mol. The van der Waals surface area contributed by atoms with E-state index < -0.39 is 11.6 Å². The molecule has 0 N–H and O–H groups in total. The van der Waals surface area contributed by atoms with Crippen LogP contribution in [0.5, 0.6) is 5.75 Å². The van der Waals surface area contributed by atoms with E-state index in [1.54, 1.807) is 13.0 Å². The Bertz CT molecular complexity index is 551. The number of benzene rings is 1. The number of methoxy groups -OCH3 is 1. The number of rotatable bonds is 3. The van der Waals surface area contributed by atoms with E-state index in [0.717, 1.165) is 12.1 Å². The zero-order chi connectivity index (χ0) is 14.9. The van der Waals surface area contributed by atoms with Gasteiger partial charge in [0.1, 0.15) is 17.4 Å². The predicted octanol–water partition coefficient (Wildman–Crippen LogP) is 3.37. The smallest absolute Gasteiger partial charge is 0.240 e. The third kappa shape index (κ3) is 2.65. The third-order valence-corrected chi connectivity index (χ3v) is 4.21. The van der Waals surface area contributed by atoms with Crippen LogP contribution in [0.3, 0.4) is 0 Å². The highest BCUT2D eigenvalue weighted by molar-refractivity contribution is 14.1. The summed E-state index contributed by atoms with van der Waals surface area (Å²) in [6.07, 6.45) is 2.17. The standard InChI is InChI=1S/C14H14F2INO2/c1-3-18-12(5-4-11(17)14(18)19)13-9(15)6-8(20-2)7-10(13)16/h5-7,11H,3-4H2,1-2H3. The van der Waals surface area contributed by atoms with Gasteiger partial charge in [0, 0.05) is 18.7 Å². The average molecular weight is 393 g/mol. The van der Waals surface area contributed by atoms with E-state index in [1.807, 2.05) is 22.6 Å². The van der Waals surface area contributed by atoms with Crippen molar-refractivity contribution in [3.63, 3.8) is 0 Å². The van der Waals surface area contributed by atoms with Gasteiger partial charge in [-0.1, -0.05) is 28.7 Å². The second kappa shape index (κ2) is 6.07. The number of alkyl halides is 1. The summed E-state index contributed by atoms with van der Waals surface area (Å²) in [5.74, 6) is -1.47. The zero-order valence-corrected chi connectivity index (χ0v) is 13.3. The Kier molecular flexibility index (Phi) is 4.62. The van der Waals surface area contributed by atoms with Crippen LogP contribution in [0.15, 0.2) is 18.2 Å². The van der Waals surface area contributed by atoms with Crippen LogP contribution in [0, 0.1) is 11.6 Å². The molecule has 1 atom stereocenters. The van der Waals surface area contributed by atoms with Crippen molar-refractivity contribution in [1.82, 2.24) is 4.90 Å². The minimum Gasteiger partial charge on any atom is -0.497 e. The Labute approximate surface area is 129 Å². The maximum absolute atomic E-state index is 14.1. The largest absolute Gasteiger partial charge is 0.497 e. The van der Waals surface area contributed by atoms with Crippen LogP contribution >= 0.6 is 22.6 Å². The average Bonchev–Trinajstić information content (AvgIpc) is 2.42. The fourth-order valence-corrected chi connectivity index (χ4v) is 2.78. The van der Waals surface area contributed by atoms with Gasteiger partial charge < -0.3 is 9.64 Å². The van der Waals surface area contributed by atoms with Gasteiger partial charge in [-0.15, -0.1) is 0 Å². The van der Waals surface area contributed by atoms with E-state index in [0.29, 0.717) is 18.7 Å². The van der Waals surface area contributed by atoms with Crippen molar-refractivity contribution < 1.29 is 18.3 Å². The van der Waals surface area contributed by atoms with Gasteiger partial charge in [-0.05, 0) is 13.3 Å². The Morgan fingerprint density at radius 3 is 2.50 bits per heavy atom. The summed E-state index contributed by atoms with van der Waals surface area (Å²) in [5, 5.41) is 0. The van der Waals surface area contributed by atoms with Crippen LogP contribution in [0.2, 0.25) is 0 Å². The van der Waals surface area contributed by atoms with Crippen LogP contribution < -0.4 is 4.74 Å². The number of carbonyl (C=O) groups excluding carboxylic acids is 1. The molecule has 1 heterocycles. The normalized spacial score (nSPS) is 19.1. The molecular formula is C14H14F2INO2. The second-order valence-corrected chi connectivity index (χ2v) is 5.84. The summed E-state index contributed by atoms with van der Waals surface area (Å²) in [6, 6.07) is 2.24. The zero-order valence-electron chi connectivity index (χ0n) is 11.1. The molecule has 0 aromatic heterocycles. The molecule has 1 aliphatic rings. The van der Waals surface area contributed by atoms with E-state index in [4.69, 9.17) is 4.74 Å². The van der Waals surface area contributed by atoms with E-state index in [2.05, 4.69) is 0 Å². The van der Waals surface area contributed by atoms with Crippen LogP contribution in [0.4, 0.5) is 8.78 Å². The Morgan fingerprint density at radius 1 is 1.40 bits per heavy atom. The van der Waals surface area contributed by atoms with Gasteiger partial charge in [0.15, 0.2) is 0 Å². The number of hydrogen-bond donors (Lipinski definition) is 0. The maximum atomic E-state index is 14.1. The van der Waals surface area contributed by atoms with Gasteiger partial charge in [0.05, 0.1) is 22.3 Å². The Morgan fingerprint density at radius 2 is 2.00 bits per heavy atom. The van der Waals surface area contributed by atoms with Gasteiger partial charge in [-0.3, -0.25) is 4.79 Å². The number of amides is 1. The molecule has 1 aliphatic heterocycles. The summed E-state index contributed by atoms with van der Waals surface area (Å²) in [5.41, 5.74) is 0.118. The van der Waals surface area contributed by atoms with E-state index in [9.17, 15) is 13.6 Å².